The Morgan fingerprint density at radius 3 is 2.61 bits per heavy atom. The average Bonchev–Trinajstić information content (AvgIpc) is 3.56. The molecule has 0 saturated heterocycles. The van der Waals surface area contributed by atoms with Gasteiger partial charge in [0.1, 0.15) is 29.7 Å². The van der Waals surface area contributed by atoms with E-state index in [-0.39, 0.29) is 24.5 Å². The Bertz CT molecular complexity index is 1450. The summed E-state index contributed by atoms with van der Waals surface area (Å²) in [4.78, 5) is 15.1. The first-order valence-electron chi connectivity index (χ1n) is 11.5. The molecule has 3 atom stereocenters. The molecule has 3 heterocycles. The lowest BCUT2D eigenvalue weighted by Gasteiger charge is -2.31. The van der Waals surface area contributed by atoms with E-state index in [0.29, 0.717) is 16.9 Å². The van der Waals surface area contributed by atoms with Crippen LogP contribution < -0.4 is 10.1 Å². The number of aromatic nitrogens is 3. The zero-order valence-corrected chi connectivity index (χ0v) is 19.8. The van der Waals surface area contributed by atoms with Gasteiger partial charge in [-0.1, -0.05) is 59.7 Å². The summed E-state index contributed by atoms with van der Waals surface area (Å²) in [7, 11) is 0. The zero-order valence-electron chi connectivity index (χ0n) is 19.8. The second-order valence-electron chi connectivity index (χ2n) is 8.78. The minimum absolute atomic E-state index is 0.0257. The Labute approximate surface area is 213 Å². The van der Waals surface area contributed by atoms with Crippen molar-refractivity contribution in [2.75, 3.05) is 13.2 Å². The molecule has 3 N–H and O–H groups in total. The van der Waals surface area contributed by atoms with Crippen molar-refractivity contribution in [3.63, 3.8) is 0 Å². The maximum absolute atomic E-state index is 14.0. The number of alkyl halides is 3. The van der Waals surface area contributed by atoms with Crippen molar-refractivity contribution in [1.82, 2.24) is 20.6 Å². The quantitative estimate of drug-likeness (QED) is 0.318. The van der Waals surface area contributed by atoms with Crippen molar-refractivity contribution in [3.05, 3.63) is 59.7 Å². The number of nitrogens with one attached hydrogen (secondary N) is 1. The molecular weight excluding hydrogens is 509 g/mol. The number of hydrogen-bond acceptors (Lipinski definition) is 9. The fraction of sp³-hybridized carbons (Fsp3) is 0.280. The molecule has 0 radical (unpaired) electrons. The molecule has 0 aliphatic carbocycles. The molecule has 4 aromatic rings. The van der Waals surface area contributed by atoms with Gasteiger partial charge in [-0.15, -0.1) is 0 Å². The molecule has 0 bridgehead atoms. The molecule has 0 spiro atoms. The van der Waals surface area contributed by atoms with E-state index in [0.717, 1.165) is 0 Å². The Kier molecular flexibility index (Phi) is 6.63. The van der Waals surface area contributed by atoms with E-state index in [1.165, 1.54) is 18.2 Å². The third-order valence-corrected chi connectivity index (χ3v) is 6.14. The van der Waals surface area contributed by atoms with Gasteiger partial charge >= 0.3 is 12.1 Å². The summed E-state index contributed by atoms with van der Waals surface area (Å²) in [6.07, 6.45) is -5.79. The topological polar surface area (TPSA) is 144 Å². The fourth-order valence-electron chi connectivity index (χ4n) is 4.04. The minimum Gasteiger partial charge on any atom is -0.491 e. The number of fused-ring (bicyclic) bond motifs is 1. The predicted molar refractivity (Wildman–Crippen MR) is 125 cm³/mol. The van der Waals surface area contributed by atoms with E-state index in [2.05, 4.69) is 20.6 Å². The number of benzene rings is 2. The van der Waals surface area contributed by atoms with Crippen LogP contribution in [-0.4, -0.2) is 50.7 Å². The molecule has 0 saturated carbocycles. The number of aliphatic carboxylic acids is 1. The molecule has 1 aliphatic heterocycles. The molecule has 1 aliphatic rings. The van der Waals surface area contributed by atoms with E-state index in [9.17, 15) is 23.1 Å². The standard InChI is InChI=1S/C25H21F3N4O6/c1-12(24(34)35)10-29-16-11-36-17-9-14(7-8-15(17)20(16)33)22-30-23(38-32-22)21-18(25(26,27)28)19(31-37-21)13-5-3-2-4-6-13/h2-9,12,16,20,29,33H,10-11H2,1H3,(H,34,35)/t12?,16-,20+/m1/s1. The maximum Gasteiger partial charge on any atom is 0.422 e. The lowest BCUT2D eigenvalue weighted by Crippen LogP contribution is -2.45. The lowest BCUT2D eigenvalue weighted by atomic mass is 9.97. The van der Waals surface area contributed by atoms with Crippen LogP contribution in [0.1, 0.15) is 24.2 Å². The van der Waals surface area contributed by atoms with Crippen molar-refractivity contribution in [3.8, 4) is 40.0 Å². The predicted octanol–water partition coefficient (Wildman–Crippen LogP) is 4.18. The van der Waals surface area contributed by atoms with Gasteiger partial charge in [0.05, 0.1) is 12.0 Å². The Balaban J connectivity index is 1.40. The number of nitrogens with zero attached hydrogens (tertiary/aromatic N) is 3. The van der Waals surface area contributed by atoms with Gasteiger partial charge in [0.25, 0.3) is 5.89 Å². The zero-order chi connectivity index (χ0) is 27.0. The van der Waals surface area contributed by atoms with E-state index in [1.807, 2.05) is 0 Å². The first-order valence-corrected chi connectivity index (χ1v) is 11.5. The normalized spacial score (nSPS) is 18.0. The average molecular weight is 530 g/mol. The number of carboxylic acid groups (broad SMARTS) is 1. The summed E-state index contributed by atoms with van der Waals surface area (Å²) in [6, 6.07) is 11.9. The molecule has 13 heteroatoms. The summed E-state index contributed by atoms with van der Waals surface area (Å²) in [5.41, 5.74) is -0.499. The van der Waals surface area contributed by atoms with Crippen LogP contribution in [0.3, 0.4) is 0 Å². The van der Waals surface area contributed by atoms with Crippen molar-refractivity contribution in [1.29, 1.82) is 0 Å². The van der Waals surface area contributed by atoms with Gasteiger partial charge in [0.2, 0.25) is 11.6 Å². The minimum atomic E-state index is -4.81. The van der Waals surface area contributed by atoms with Gasteiger partial charge < -0.3 is 29.3 Å². The third-order valence-electron chi connectivity index (χ3n) is 6.14. The Hall–Kier alpha value is -4.23. The SMILES string of the molecule is CC(CN[C@@H]1COc2cc(-c3noc(-c4onc(-c5ccccc5)c4C(F)(F)F)n3)ccc2[C@@H]1O)C(=O)O. The highest BCUT2D eigenvalue weighted by molar-refractivity contribution is 5.71. The van der Waals surface area contributed by atoms with Gasteiger partial charge in [0.15, 0.2) is 0 Å². The number of halogens is 3. The van der Waals surface area contributed by atoms with Crippen LogP contribution in [0.15, 0.2) is 57.6 Å². The van der Waals surface area contributed by atoms with Crippen LogP contribution in [0, 0.1) is 5.92 Å². The van der Waals surface area contributed by atoms with Crippen molar-refractivity contribution in [2.24, 2.45) is 5.92 Å². The Morgan fingerprint density at radius 1 is 1.13 bits per heavy atom. The molecule has 2 aromatic carbocycles. The largest absolute Gasteiger partial charge is 0.491 e. The number of ether oxygens (including phenoxy) is 1. The monoisotopic (exact) mass is 530 g/mol. The summed E-state index contributed by atoms with van der Waals surface area (Å²) >= 11 is 0. The van der Waals surface area contributed by atoms with Gasteiger partial charge in [-0.3, -0.25) is 4.79 Å². The first kappa shape index (κ1) is 25.4. The highest BCUT2D eigenvalue weighted by Gasteiger charge is 2.43. The van der Waals surface area contributed by atoms with Crippen molar-refractivity contribution < 1.29 is 42.0 Å². The summed E-state index contributed by atoms with van der Waals surface area (Å²) in [5.74, 6) is -2.52. The van der Waals surface area contributed by atoms with Crippen LogP contribution in [0.4, 0.5) is 13.2 Å². The number of hydrogen-bond donors (Lipinski definition) is 3. The highest BCUT2D eigenvalue weighted by atomic mass is 19.4. The number of carboxylic acids is 1. The van der Waals surface area contributed by atoms with Crippen molar-refractivity contribution in [2.45, 2.75) is 25.2 Å². The van der Waals surface area contributed by atoms with Gasteiger partial charge in [-0.05, 0) is 6.07 Å². The number of rotatable bonds is 7. The highest BCUT2D eigenvalue weighted by Crippen LogP contribution is 2.43. The molecule has 5 rings (SSSR count). The Morgan fingerprint density at radius 2 is 1.89 bits per heavy atom. The van der Waals surface area contributed by atoms with E-state index in [4.69, 9.17) is 18.9 Å². The van der Waals surface area contributed by atoms with Crippen LogP contribution in [0.5, 0.6) is 5.75 Å². The van der Waals surface area contributed by atoms with E-state index < -0.39 is 53.1 Å². The molecule has 0 amide bonds. The second-order valence-corrected chi connectivity index (χ2v) is 8.78. The van der Waals surface area contributed by atoms with Crippen LogP contribution in [0.25, 0.3) is 34.3 Å². The molecule has 2 aromatic heterocycles. The van der Waals surface area contributed by atoms with Crippen LogP contribution in [0.2, 0.25) is 0 Å². The van der Waals surface area contributed by atoms with Gasteiger partial charge in [-0.25, -0.2) is 0 Å². The molecule has 38 heavy (non-hydrogen) atoms. The summed E-state index contributed by atoms with van der Waals surface area (Å²) in [6.45, 7) is 1.76. The van der Waals surface area contributed by atoms with Crippen LogP contribution >= 0.6 is 0 Å². The third kappa shape index (κ3) is 4.85. The van der Waals surface area contributed by atoms with Gasteiger partial charge in [0, 0.05) is 23.2 Å². The molecule has 1 unspecified atom stereocenters. The molecular formula is C25H21F3N4O6. The van der Waals surface area contributed by atoms with Crippen LogP contribution in [-0.2, 0) is 11.0 Å². The number of carbonyl (C=O) groups is 1. The molecule has 0 fully saturated rings. The first-order chi connectivity index (χ1) is 18.1. The molecule has 10 nitrogen and oxygen atoms in total. The summed E-state index contributed by atoms with van der Waals surface area (Å²) < 4.78 is 57.8. The van der Waals surface area contributed by atoms with E-state index >= 15 is 0 Å². The van der Waals surface area contributed by atoms with E-state index in [1.54, 1.807) is 37.3 Å². The summed E-state index contributed by atoms with van der Waals surface area (Å²) in [5, 5.41) is 30.2. The lowest BCUT2D eigenvalue weighted by molar-refractivity contribution is -0.141. The smallest absolute Gasteiger partial charge is 0.422 e. The maximum atomic E-state index is 14.0. The number of aliphatic hydroxyl groups excluding tert-OH is 1. The van der Waals surface area contributed by atoms with Gasteiger partial charge in [-0.2, -0.15) is 18.2 Å². The fourth-order valence-corrected chi connectivity index (χ4v) is 4.04. The van der Waals surface area contributed by atoms with Crippen molar-refractivity contribution >= 4 is 5.97 Å². The number of aliphatic hydroxyl groups is 1. The second kappa shape index (κ2) is 9.91. The molecule has 198 valence electrons.